The minimum atomic E-state index is -1.85. The van der Waals surface area contributed by atoms with Gasteiger partial charge in [-0.05, 0) is 23.6 Å². The maximum atomic E-state index is 14.9. The molecule has 1 aromatic heterocycles. The second-order valence-electron chi connectivity index (χ2n) is 6.99. The van der Waals surface area contributed by atoms with Crippen molar-refractivity contribution in [3.05, 3.63) is 46.5 Å². The molecule has 4 unspecified atom stereocenters. The Bertz CT molecular complexity index is 868. The zero-order valence-electron chi connectivity index (χ0n) is 14.8. The summed E-state index contributed by atoms with van der Waals surface area (Å²) in [5.74, 6) is -0.327. The molecule has 2 aliphatic rings. The third-order valence-corrected chi connectivity index (χ3v) is 6.65. The average Bonchev–Trinajstić information content (AvgIpc) is 3.33. The van der Waals surface area contributed by atoms with Gasteiger partial charge in [-0.1, -0.05) is 30.8 Å². The van der Waals surface area contributed by atoms with Crippen molar-refractivity contribution in [3.8, 4) is 0 Å². The van der Waals surface area contributed by atoms with Gasteiger partial charge in [0, 0.05) is 17.1 Å². The van der Waals surface area contributed by atoms with Crippen molar-refractivity contribution in [2.45, 2.75) is 24.3 Å². The van der Waals surface area contributed by atoms with Gasteiger partial charge in [-0.15, -0.1) is 7.05 Å². The van der Waals surface area contributed by atoms with Crippen molar-refractivity contribution < 1.29 is 14.2 Å². The maximum absolute atomic E-state index is 14.9. The fourth-order valence-electron chi connectivity index (χ4n) is 3.72. The van der Waals surface area contributed by atoms with Crippen molar-refractivity contribution in [2.75, 3.05) is 20.1 Å². The standard InChI is InChI=1S/C18H22FN5OS/c1-11-8-15(22-17(25)18(19)6-7-24(10-18)20-2)26-16(11)12-4-3-5-14-13(12)9-21-23-14/h3-5,8-9,11,16,24H,6-7,10H2,1-2H3,(H,21,23)(H,22,25). The van der Waals surface area contributed by atoms with Crippen molar-refractivity contribution in [1.82, 2.24) is 15.5 Å². The van der Waals surface area contributed by atoms with Crippen LogP contribution < -0.4 is 10.3 Å². The molecule has 1 saturated heterocycles. The Morgan fingerprint density at radius 1 is 1.54 bits per heavy atom. The van der Waals surface area contributed by atoms with Crippen LogP contribution in [0.15, 0.2) is 35.5 Å². The lowest BCUT2D eigenvalue weighted by Crippen LogP contribution is -3.06. The molecular formula is C18H22FN5OS. The molecule has 2 aromatic rings. The molecule has 138 valence electrons. The number of fused-ring (bicyclic) bond motifs is 1. The monoisotopic (exact) mass is 375 g/mol. The van der Waals surface area contributed by atoms with Crippen LogP contribution in [-0.4, -0.2) is 41.9 Å². The van der Waals surface area contributed by atoms with Gasteiger partial charge in [-0.2, -0.15) is 5.10 Å². The Balaban J connectivity index is 1.48. The average molecular weight is 375 g/mol. The Morgan fingerprint density at radius 3 is 3.15 bits per heavy atom. The van der Waals surface area contributed by atoms with E-state index < -0.39 is 11.6 Å². The second kappa shape index (κ2) is 6.68. The molecule has 1 aromatic carbocycles. The van der Waals surface area contributed by atoms with Crippen molar-refractivity contribution in [3.63, 3.8) is 0 Å². The summed E-state index contributed by atoms with van der Waals surface area (Å²) in [5, 5.41) is 12.7. The number of thioether (sulfide) groups is 1. The third-order valence-electron chi connectivity index (χ3n) is 5.22. The minimum Gasteiger partial charge on any atom is -0.457 e. The van der Waals surface area contributed by atoms with Gasteiger partial charge < -0.3 is 15.8 Å². The first kappa shape index (κ1) is 17.5. The van der Waals surface area contributed by atoms with E-state index in [1.807, 2.05) is 24.4 Å². The summed E-state index contributed by atoms with van der Waals surface area (Å²) >= 11 is 1.57. The quantitative estimate of drug-likeness (QED) is 0.763. The summed E-state index contributed by atoms with van der Waals surface area (Å²) < 4.78 is 14.9. The SMILES string of the molecule is C[N-][NH+]1CCC(F)(C(=O)NC2=CC(C)C(c3cccc4[nH]ncc34)S2)C1. The number of aromatic nitrogens is 2. The van der Waals surface area contributed by atoms with E-state index in [4.69, 9.17) is 0 Å². The van der Waals surface area contributed by atoms with Gasteiger partial charge in [0.25, 0.3) is 5.91 Å². The summed E-state index contributed by atoms with van der Waals surface area (Å²) in [7, 11) is 1.65. The number of H-pyrrole nitrogens is 1. The van der Waals surface area contributed by atoms with E-state index in [1.54, 1.807) is 18.8 Å². The highest BCUT2D eigenvalue weighted by atomic mass is 32.2. The topological polar surface area (TPSA) is 76.3 Å². The number of nitrogens with one attached hydrogen (secondary N) is 3. The number of carbonyl (C=O) groups is 1. The normalized spacial score (nSPS) is 31.3. The summed E-state index contributed by atoms with van der Waals surface area (Å²) in [6, 6.07) is 6.08. The predicted molar refractivity (Wildman–Crippen MR) is 100 cm³/mol. The second-order valence-corrected chi connectivity index (χ2v) is 8.18. The van der Waals surface area contributed by atoms with Crippen LogP contribution in [0.3, 0.4) is 0 Å². The molecule has 0 saturated carbocycles. The molecule has 0 radical (unpaired) electrons. The van der Waals surface area contributed by atoms with Crippen LogP contribution in [0.5, 0.6) is 0 Å². The molecule has 3 heterocycles. The molecule has 1 amide bonds. The maximum Gasteiger partial charge on any atom is 0.268 e. The lowest BCUT2D eigenvalue weighted by Gasteiger charge is -2.24. The highest BCUT2D eigenvalue weighted by molar-refractivity contribution is 8.03. The number of quaternary nitrogens is 1. The molecule has 26 heavy (non-hydrogen) atoms. The first-order valence-electron chi connectivity index (χ1n) is 8.75. The molecule has 0 bridgehead atoms. The zero-order valence-corrected chi connectivity index (χ0v) is 15.6. The fraction of sp³-hybridized carbons (Fsp3) is 0.444. The van der Waals surface area contributed by atoms with Gasteiger partial charge in [0.1, 0.15) is 6.54 Å². The molecular weight excluding hydrogens is 353 g/mol. The number of hydrogen-bond acceptors (Lipinski definition) is 3. The highest BCUT2D eigenvalue weighted by Crippen LogP contribution is 2.48. The van der Waals surface area contributed by atoms with Gasteiger partial charge in [0.15, 0.2) is 0 Å². The zero-order chi connectivity index (χ0) is 18.3. The number of rotatable bonds is 4. The number of hydrogen-bond donors (Lipinski definition) is 3. The minimum absolute atomic E-state index is 0.0978. The lowest BCUT2D eigenvalue weighted by molar-refractivity contribution is -0.849. The third kappa shape index (κ3) is 3.02. The van der Waals surface area contributed by atoms with Gasteiger partial charge >= 0.3 is 0 Å². The number of alkyl halides is 1. The number of allylic oxidation sites excluding steroid dienone is 1. The lowest BCUT2D eigenvalue weighted by atomic mass is 9.98. The number of nitrogens with zero attached hydrogens (tertiary/aromatic N) is 2. The molecule has 6 nitrogen and oxygen atoms in total. The smallest absolute Gasteiger partial charge is 0.268 e. The highest BCUT2D eigenvalue weighted by Gasteiger charge is 2.47. The van der Waals surface area contributed by atoms with Crippen LogP contribution in [0.4, 0.5) is 4.39 Å². The first-order chi connectivity index (χ1) is 12.5. The molecule has 4 rings (SSSR count). The molecule has 0 spiro atoms. The van der Waals surface area contributed by atoms with Crippen LogP contribution in [0.1, 0.15) is 24.2 Å². The van der Waals surface area contributed by atoms with Crippen LogP contribution in [0.25, 0.3) is 16.3 Å². The van der Waals surface area contributed by atoms with Crippen LogP contribution in [0.2, 0.25) is 0 Å². The molecule has 2 aliphatic heterocycles. The molecule has 8 heteroatoms. The number of halogens is 1. The van der Waals surface area contributed by atoms with E-state index in [9.17, 15) is 9.18 Å². The van der Waals surface area contributed by atoms with E-state index in [-0.39, 0.29) is 24.1 Å². The summed E-state index contributed by atoms with van der Waals surface area (Å²) in [6.45, 7) is 2.76. The van der Waals surface area contributed by atoms with Crippen LogP contribution in [-0.2, 0) is 4.79 Å². The van der Waals surface area contributed by atoms with Gasteiger partial charge in [0.2, 0.25) is 5.67 Å². The Morgan fingerprint density at radius 2 is 2.38 bits per heavy atom. The van der Waals surface area contributed by atoms with Crippen molar-refractivity contribution >= 4 is 28.6 Å². The fourth-order valence-corrected chi connectivity index (χ4v) is 5.06. The van der Waals surface area contributed by atoms with E-state index in [0.29, 0.717) is 6.54 Å². The number of aromatic amines is 1. The van der Waals surface area contributed by atoms with Crippen molar-refractivity contribution in [2.24, 2.45) is 5.92 Å². The summed E-state index contributed by atoms with van der Waals surface area (Å²) in [5.41, 5.74) is 4.37. The Labute approximate surface area is 155 Å². The number of amides is 1. The number of benzene rings is 1. The molecule has 1 fully saturated rings. The van der Waals surface area contributed by atoms with Crippen molar-refractivity contribution in [1.29, 1.82) is 0 Å². The number of carbonyl (C=O) groups excluding carboxylic acids is 1. The molecule has 4 atom stereocenters. The Kier molecular flexibility index (Phi) is 4.50. The molecule has 3 N–H and O–H groups in total. The predicted octanol–water partition coefficient (Wildman–Crippen LogP) is 1.86. The largest absolute Gasteiger partial charge is 0.457 e. The van der Waals surface area contributed by atoms with Gasteiger partial charge in [-0.25, -0.2) is 4.39 Å². The Hall–Kier alpha value is -1.90. The summed E-state index contributed by atoms with van der Waals surface area (Å²) in [4.78, 5) is 12.5. The summed E-state index contributed by atoms with van der Waals surface area (Å²) in [6.07, 6.45) is 4.05. The van der Waals surface area contributed by atoms with E-state index in [1.165, 1.54) is 5.56 Å². The first-order valence-corrected chi connectivity index (χ1v) is 9.63. The van der Waals surface area contributed by atoms with Crippen LogP contribution >= 0.6 is 11.8 Å². The van der Waals surface area contributed by atoms with Gasteiger partial charge in [0.05, 0.1) is 23.3 Å². The van der Waals surface area contributed by atoms with E-state index in [0.717, 1.165) is 20.9 Å². The van der Waals surface area contributed by atoms with E-state index >= 15 is 0 Å². The van der Waals surface area contributed by atoms with Crippen LogP contribution in [0, 0.1) is 5.92 Å². The van der Waals surface area contributed by atoms with E-state index in [2.05, 4.69) is 33.9 Å². The van der Waals surface area contributed by atoms with Gasteiger partial charge in [-0.3, -0.25) is 9.89 Å². The molecule has 0 aliphatic carbocycles.